The van der Waals surface area contributed by atoms with E-state index in [1.165, 1.54) is 6.07 Å². The van der Waals surface area contributed by atoms with Crippen LogP contribution in [0.15, 0.2) is 27.8 Å². The van der Waals surface area contributed by atoms with Crippen LogP contribution >= 0.6 is 15.9 Å². The fraction of sp³-hybridized carbons (Fsp3) is 0.385. The zero-order valence-electron chi connectivity index (χ0n) is 10.7. The highest BCUT2D eigenvalue weighted by Gasteiger charge is 2.14. The lowest BCUT2D eigenvalue weighted by Crippen LogP contribution is -2.32. The summed E-state index contributed by atoms with van der Waals surface area (Å²) in [6.07, 6.45) is 1.72. The van der Waals surface area contributed by atoms with Crippen LogP contribution in [0.1, 0.15) is 23.2 Å². The van der Waals surface area contributed by atoms with Crippen molar-refractivity contribution in [2.45, 2.75) is 12.8 Å². The Balaban J connectivity index is 2.01. The van der Waals surface area contributed by atoms with Gasteiger partial charge >= 0.3 is 0 Å². The number of carbonyl (C=O) groups excluding carboxylic acids is 1. The SMILES string of the molecule is CN1CCC(=NNC(=O)c2cc(Br)ccc2O)CC1. The molecule has 1 aliphatic heterocycles. The first-order chi connectivity index (χ1) is 9.06. The second-order valence-corrected chi connectivity index (χ2v) is 5.50. The van der Waals surface area contributed by atoms with Crippen LogP contribution in [0.4, 0.5) is 0 Å². The van der Waals surface area contributed by atoms with E-state index < -0.39 is 5.91 Å². The van der Waals surface area contributed by atoms with Crippen molar-refractivity contribution in [1.82, 2.24) is 10.3 Å². The lowest BCUT2D eigenvalue weighted by Gasteiger charge is -2.22. The molecule has 0 aromatic heterocycles. The monoisotopic (exact) mass is 325 g/mol. The summed E-state index contributed by atoms with van der Waals surface area (Å²) >= 11 is 3.27. The van der Waals surface area contributed by atoms with Gasteiger partial charge in [-0.3, -0.25) is 4.79 Å². The van der Waals surface area contributed by atoms with Gasteiger partial charge in [0.05, 0.1) is 5.56 Å². The third-order valence-corrected chi connectivity index (χ3v) is 3.58. The molecule has 19 heavy (non-hydrogen) atoms. The largest absolute Gasteiger partial charge is 0.507 e. The van der Waals surface area contributed by atoms with Gasteiger partial charge in [-0.2, -0.15) is 5.10 Å². The smallest absolute Gasteiger partial charge is 0.275 e. The van der Waals surface area contributed by atoms with Gasteiger partial charge in [-0.25, -0.2) is 5.43 Å². The van der Waals surface area contributed by atoms with E-state index in [0.717, 1.165) is 36.1 Å². The van der Waals surface area contributed by atoms with Crippen molar-refractivity contribution in [3.05, 3.63) is 28.2 Å². The number of hydrazone groups is 1. The molecule has 102 valence electrons. The first-order valence-corrected chi connectivity index (χ1v) is 6.88. The highest BCUT2D eigenvalue weighted by atomic mass is 79.9. The number of phenolic OH excluding ortho intramolecular Hbond substituents is 1. The number of aromatic hydroxyl groups is 1. The van der Waals surface area contributed by atoms with E-state index in [-0.39, 0.29) is 11.3 Å². The number of nitrogens with one attached hydrogen (secondary N) is 1. The number of benzene rings is 1. The normalized spacial score (nSPS) is 16.2. The van der Waals surface area contributed by atoms with Crippen LogP contribution in [0.5, 0.6) is 5.75 Å². The van der Waals surface area contributed by atoms with Crippen LogP contribution in [-0.4, -0.2) is 41.8 Å². The molecule has 1 aromatic carbocycles. The van der Waals surface area contributed by atoms with E-state index in [2.05, 4.69) is 38.4 Å². The molecule has 0 spiro atoms. The topological polar surface area (TPSA) is 64.9 Å². The molecule has 1 saturated heterocycles. The highest BCUT2D eigenvalue weighted by molar-refractivity contribution is 9.10. The van der Waals surface area contributed by atoms with Crippen molar-refractivity contribution in [2.75, 3.05) is 20.1 Å². The minimum atomic E-state index is -0.398. The van der Waals surface area contributed by atoms with E-state index in [0.29, 0.717) is 0 Å². The van der Waals surface area contributed by atoms with Gasteiger partial charge in [-0.1, -0.05) is 15.9 Å². The van der Waals surface area contributed by atoms with Crippen molar-refractivity contribution >= 4 is 27.5 Å². The summed E-state index contributed by atoms with van der Waals surface area (Å²) in [5.41, 5.74) is 3.70. The number of phenols is 1. The fourth-order valence-corrected chi connectivity index (χ4v) is 2.23. The molecule has 5 nitrogen and oxygen atoms in total. The van der Waals surface area contributed by atoms with Gasteiger partial charge in [-0.15, -0.1) is 0 Å². The molecule has 0 atom stereocenters. The number of nitrogens with zero attached hydrogens (tertiary/aromatic N) is 2. The number of halogens is 1. The van der Waals surface area contributed by atoms with Crippen molar-refractivity contribution in [1.29, 1.82) is 0 Å². The fourth-order valence-electron chi connectivity index (χ4n) is 1.87. The van der Waals surface area contributed by atoms with Crippen LogP contribution in [0.2, 0.25) is 0 Å². The number of amides is 1. The predicted octanol–water partition coefficient (Wildman–Crippen LogP) is 1.97. The highest BCUT2D eigenvalue weighted by Crippen LogP contribution is 2.21. The van der Waals surface area contributed by atoms with Gasteiger partial charge in [0.2, 0.25) is 0 Å². The number of hydrogen-bond donors (Lipinski definition) is 2. The molecule has 2 N–H and O–H groups in total. The number of piperidine rings is 1. The molecule has 1 aliphatic rings. The first kappa shape index (κ1) is 14.0. The molecule has 1 heterocycles. The molecule has 0 saturated carbocycles. The van der Waals surface area contributed by atoms with E-state index in [9.17, 15) is 9.90 Å². The molecule has 0 bridgehead atoms. The lowest BCUT2D eigenvalue weighted by atomic mass is 10.1. The Morgan fingerprint density at radius 1 is 1.42 bits per heavy atom. The van der Waals surface area contributed by atoms with E-state index >= 15 is 0 Å². The van der Waals surface area contributed by atoms with E-state index in [1.807, 2.05) is 0 Å². The van der Waals surface area contributed by atoms with Crippen LogP contribution < -0.4 is 5.43 Å². The summed E-state index contributed by atoms with van der Waals surface area (Å²) in [5.74, 6) is -0.450. The minimum absolute atomic E-state index is 0.0516. The Bertz CT molecular complexity index is 507. The van der Waals surface area contributed by atoms with Crippen LogP contribution in [0.25, 0.3) is 0 Å². The number of rotatable bonds is 2. The van der Waals surface area contributed by atoms with Gasteiger partial charge < -0.3 is 10.0 Å². The van der Waals surface area contributed by atoms with Crippen molar-refractivity contribution < 1.29 is 9.90 Å². The number of carbonyl (C=O) groups is 1. The molecular formula is C13H16BrN3O2. The predicted molar refractivity (Wildman–Crippen MR) is 77.4 cm³/mol. The Hall–Kier alpha value is -1.40. The molecule has 0 aliphatic carbocycles. The maximum absolute atomic E-state index is 11.9. The summed E-state index contributed by atoms with van der Waals surface area (Å²) in [6.45, 7) is 1.91. The van der Waals surface area contributed by atoms with Crippen molar-refractivity contribution in [3.63, 3.8) is 0 Å². The third kappa shape index (κ3) is 3.78. The Kier molecular flexibility index (Phi) is 4.55. The zero-order chi connectivity index (χ0) is 13.8. The molecule has 6 heteroatoms. The average Bonchev–Trinajstić information content (AvgIpc) is 2.40. The molecule has 2 rings (SSSR count). The standard InChI is InChI=1S/C13H16BrN3O2/c1-17-6-4-10(5-7-17)15-16-13(19)11-8-9(14)2-3-12(11)18/h2-3,8,18H,4-7H2,1H3,(H,16,19). The van der Waals surface area contributed by atoms with E-state index in [1.54, 1.807) is 12.1 Å². The van der Waals surface area contributed by atoms with E-state index in [4.69, 9.17) is 0 Å². The summed E-state index contributed by atoms with van der Waals surface area (Å²) in [4.78, 5) is 14.1. The Labute approximate surface area is 120 Å². The second kappa shape index (κ2) is 6.16. The maximum Gasteiger partial charge on any atom is 0.275 e. The summed E-state index contributed by atoms with van der Waals surface area (Å²) in [7, 11) is 2.06. The third-order valence-electron chi connectivity index (χ3n) is 3.08. The average molecular weight is 326 g/mol. The number of likely N-dealkylation sites (tertiary alicyclic amines) is 1. The van der Waals surface area contributed by atoms with Gasteiger partial charge in [0.1, 0.15) is 5.75 Å². The second-order valence-electron chi connectivity index (χ2n) is 4.58. The van der Waals surface area contributed by atoms with Gasteiger partial charge in [0, 0.05) is 36.1 Å². The van der Waals surface area contributed by atoms with Gasteiger partial charge in [0.25, 0.3) is 5.91 Å². The number of hydrogen-bond acceptors (Lipinski definition) is 4. The van der Waals surface area contributed by atoms with Gasteiger partial charge in [-0.05, 0) is 25.2 Å². The Morgan fingerprint density at radius 2 is 2.11 bits per heavy atom. The quantitative estimate of drug-likeness (QED) is 0.817. The Morgan fingerprint density at radius 3 is 2.79 bits per heavy atom. The van der Waals surface area contributed by atoms with Crippen LogP contribution in [-0.2, 0) is 0 Å². The molecule has 0 radical (unpaired) electrons. The summed E-state index contributed by atoms with van der Waals surface area (Å²) < 4.78 is 0.738. The van der Waals surface area contributed by atoms with Crippen molar-refractivity contribution in [2.24, 2.45) is 5.10 Å². The molecule has 1 aromatic rings. The van der Waals surface area contributed by atoms with Crippen LogP contribution in [0.3, 0.4) is 0 Å². The molecule has 1 fully saturated rings. The first-order valence-electron chi connectivity index (χ1n) is 6.09. The van der Waals surface area contributed by atoms with Crippen molar-refractivity contribution in [3.8, 4) is 5.75 Å². The molecular weight excluding hydrogens is 310 g/mol. The zero-order valence-corrected chi connectivity index (χ0v) is 12.3. The maximum atomic E-state index is 11.9. The summed E-state index contributed by atoms with van der Waals surface area (Å²) in [6, 6.07) is 4.72. The summed E-state index contributed by atoms with van der Waals surface area (Å²) in [5, 5.41) is 13.8. The van der Waals surface area contributed by atoms with Crippen LogP contribution in [0, 0.1) is 0 Å². The van der Waals surface area contributed by atoms with Gasteiger partial charge in [0.15, 0.2) is 0 Å². The molecule has 1 amide bonds. The minimum Gasteiger partial charge on any atom is -0.507 e. The lowest BCUT2D eigenvalue weighted by molar-refractivity contribution is 0.0951. The molecule has 0 unspecified atom stereocenters.